The summed E-state index contributed by atoms with van der Waals surface area (Å²) in [6.45, 7) is 0.947. The molecule has 2 heteroatoms. The predicted molar refractivity (Wildman–Crippen MR) is 58.3 cm³/mol. The van der Waals surface area contributed by atoms with Gasteiger partial charge in [-0.15, -0.1) is 0 Å². The molecule has 0 saturated carbocycles. The van der Waals surface area contributed by atoms with Gasteiger partial charge in [0.2, 0.25) is 5.92 Å². The molecule has 0 bridgehead atoms. The van der Waals surface area contributed by atoms with E-state index in [1.54, 1.807) is 6.07 Å². The first kappa shape index (κ1) is 10.1. The zero-order valence-corrected chi connectivity index (χ0v) is 8.50. The van der Waals surface area contributed by atoms with Crippen LogP contribution in [0, 0.1) is 0 Å². The molecule has 0 spiro atoms. The minimum Gasteiger partial charge on any atom is -0.207 e. The van der Waals surface area contributed by atoms with Crippen molar-refractivity contribution in [1.29, 1.82) is 0 Å². The molecule has 0 nitrogen and oxygen atoms in total. The molecule has 0 saturated heterocycles. The van der Waals surface area contributed by atoms with E-state index in [0.29, 0.717) is 5.56 Å². The Morgan fingerprint density at radius 1 is 1.00 bits per heavy atom. The maximum atomic E-state index is 12.8. The van der Waals surface area contributed by atoms with Crippen LogP contribution in [-0.2, 0) is 6.42 Å². The molecule has 78 valence electrons. The molecule has 0 aliphatic carbocycles. The van der Waals surface area contributed by atoms with E-state index in [1.807, 2.05) is 36.4 Å². The number of rotatable bonds is 2. The molecule has 0 aromatic heterocycles. The molecule has 0 fully saturated rings. The van der Waals surface area contributed by atoms with Crippen LogP contribution in [0.2, 0.25) is 0 Å². The summed E-state index contributed by atoms with van der Waals surface area (Å²) in [5.41, 5.74) is 0.682. The summed E-state index contributed by atoms with van der Waals surface area (Å²) in [6.07, 6.45) is -0.197. The highest BCUT2D eigenvalue weighted by Gasteiger charge is 2.21. The van der Waals surface area contributed by atoms with Gasteiger partial charge in [-0.2, -0.15) is 0 Å². The monoisotopic (exact) mass is 206 g/mol. The van der Waals surface area contributed by atoms with Crippen molar-refractivity contribution >= 4 is 10.8 Å². The van der Waals surface area contributed by atoms with Gasteiger partial charge in [0.1, 0.15) is 0 Å². The topological polar surface area (TPSA) is 0 Å². The summed E-state index contributed by atoms with van der Waals surface area (Å²) in [4.78, 5) is 0. The van der Waals surface area contributed by atoms with Crippen LogP contribution in [0.25, 0.3) is 10.8 Å². The minimum absolute atomic E-state index is 0.197. The van der Waals surface area contributed by atoms with Crippen molar-refractivity contribution in [2.24, 2.45) is 0 Å². The van der Waals surface area contributed by atoms with Crippen LogP contribution in [0.1, 0.15) is 12.5 Å². The van der Waals surface area contributed by atoms with E-state index in [2.05, 4.69) is 0 Å². The van der Waals surface area contributed by atoms with Crippen molar-refractivity contribution in [3.05, 3.63) is 48.0 Å². The van der Waals surface area contributed by atoms with Crippen molar-refractivity contribution in [1.82, 2.24) is 0 Å². The molecule has 0 unspecified atom stereocenters. The summed E-state index contributed by atoms with van der Waals surface area (Å²) in [5, 5.41) is 2.10. The van der Waals surface area contributed by atoms with Crippen LogP contribution in [0.15, 0.2) is 42.5 Å². The number of hydrogen-bond acceptors (Lipinski definition) is 0. The van der Waals surface area contributed by atoms with Gasteiger partial charge in [0.15, 0.2) is 0 Å². The summed E-state index contributed by atoms with van der Waals surface area (Å²) >= 11 is 0. The third kappa shape index (κ3) is 2.52. The van der Waals surface area contributed by atoms with E-state index < -0.39 is 5.92 Å². The average Bonchev–Trinajstić information content (AvgIpc) is 2.15. The second-order valence-electron chi connectivity index (χ2n) is 3.93. The smallest absolute Gasteiger partial charge is 0.207 e. The van der Waals surface area contributed by atoms with Gasteiger partial charge in [-0.05, 0) is 23.3 Å². The zero-order chi connectivity index (χ0) is 10.9. The van der Waals surface area contributed by atoms with E-state index in [9.17, 15) is 8.78 Å². The third-order valence-corrected chi connectivity index (χ3v) is 2.33. The summed E-state index contributed by atoms with van der Waals surface area (Å²) in [5.74, 6) is -2.64. The lowest BCUT2D eigenvalue weighted by atomic mass is 10.0. The quantitative estimate of drug-likeness (QED) is 0.695. The van der Waals surface area contributed by atoms with Crippen LogP contribution in [0.3, 0.4) is 0 Å². The summed E-state index contributed by atoms with van der Waals surface area (Å²) in [7, 11) is 0. The maximum absolute atomic E-state index is 12.8. The van der Waals surface area contributed by atoms with Gasteiger partial charge in [-0.25, -0.2) is 8.78 Å². The Kier molecular flexibility index (Phi) is 2.43. The molecule has 0 radical (unpaired) electrons. The van der Waals surface area contributed by atoms with Crippen LogP contribution in [0.4, 0.5) is 8.78 Å². The van der Waals surface area contributed by atoms with E-state index in [4.69, 9.17) is 0 Å². The largest absolute Gasteiger partial charge is 0.249 e. The van der Waals surface area contributed by atoms with Gasteiger partial charge >= 0.3 is 0 Å². The Morgan fingerprint density at radius 3 is 2.33 bits per heavy atom. The first-order valence-corrected chi connectivity index (χ1v) is 4.90. The molecule has 15 heavy (non-hydrogen) atoms. The fourth-order valence-electron chi connectivity index (χ4n) is 1.71. The lowest BCUT2D eigenvalue weighted by Crippen LogP contribution is -2.13. The first-order chi connectivity index (χ1) is 7.04. The molecule has 0 atom stereocenters. The van der Waals surface area contributed by atoms with Gasteiger partial charge in [0, 0.05) is 6.42 Å². The zero-order valence-electron chi connectivity index (χ0n) is 8.50. The Morgan fingerprint density at radius 2 is 1.67 bits per heavy atom. The van der Waals surface area contributed by atoms with Gasteiger partial charge in [-0.3, -0.25) is 0 Å². The Labute approximate surface area is 87.5 Å². The fraction of sp³-hybridized carbons (Fsp3) is 0.231. The number of hydrogen-bond donors (Lipinski definition) is 0. The van der Waals surface area contributed by atoms with Gasteiger partial charge in [0.25, 0.3) is 0 Å². The summed E-state index contributed by atoms with van der Waals surface area (Å²) in [6, 6.07) is 13.2. The molecular weight excluding hydrogens is 194 g/mol. The van der Waals surface area contributed by atoms with E-state index in [-0.39, 0.29) is 6.42 Å². The predicted octanol–water partition coefficient (Wildman–Crippen LogP) is 4.04. The molecule has 0 aliphatic heterocycles. The van der Waals surface area contributed by atoms with Crippen LogP contribution >= 0.6 is 0 Å². The van der Waals surface area contributed by atoms with Gasteiger partial charge in [0.05, 0.1) is 0 Å². The van der Waals surface area contributed by atoms with Gasteiger partial charge in [-0.1, -0.05) is 42.5 Å². The standard InChI is InChI=1S/C13H12F2/c1-13(14,15)9-10-6-7-11-4-2-3-5-12(11)8-10/h2-8H,9H2,1H3. The van der Waals surface area contributed by atoms with Crippen molar-refractivity contribution in [2.45, 2.75) is 19.3 Å². The van der Waals surface area contributed by atoms with E-state index >= 15 is 0 Å². The van der Waals surface area contributed by atoms with Crippen LogP contribution < -0.4 is 0 Å². The number of fused-ring (bicyclic) bond motifs is 1. The molecular formula is C13H12F2. The average molecular weight is 206 g/mol. The molecule has 2 aromatic carbocycles. The van der Waals surface area contributed by atoms with Crippen molar-refractivity contribution < 1.29 is 8.78 Å². The second-order valence-corrected chi connectivity index (χ2v) is 3.93. The molecule has 0 N–H and O–H groups in total. The highest BCUT2D eigenvalue weighted by atomic mass is 19.3. The van der Waals surface area contributed by atoms with E-state index in [1.165, 1.54) is 0 Å². The molecule has 0 amide bonds. The molecule has 2 rings (SSSR count). The van der Waals surface area contributed by atoms with Crippen LogP contribution in [0.5, 0.6) is 0 Å². The lowest BCUT2D eigenvalue weighted by Gasteiger charge is -2.10. The van der Waals surface area contributed by atoms with E-state index in [0.717, 1.165) is 17.7 Å². The highest BCUT2D eigenvalue weighted by Crippen LogP contribution is 2.22. The van der Waals surface area contributed by atoms with Crippen molar-refractivity contribution in [3.63, 3.8) is 0 Å². The molecule has 0 heterocycles. The Bertz CT molecular complexity index is 469. The third-order valence-electron chi connectivity index (χ3n) is 2.33. The normalized spacial score (nSPS) is 11.9. The summed E-state index contributed by atoms with van der Waals surface area (Å²) < 4.78 is 25.6. The Hall–Kier alpha value is -1.44. The SMILES string of the molecule is CC(F)(F)Cc1ccc2ccccc2c1. The number of halogens is 2. The number of benzene rings is 2. The lowest BCUT2D eigenvalue weighted by molar-refractivity contribution is 0.0226. The van der Waals surface area contributed by atoms with Crippen molar-refractivity contribution in [2.75, 3.05) is 0 Å². The second kappa shape index (κ2) is 3.61. The highest BCUT2D eigenvalue weighted by molar-refractivity contribution is 5.82. The Balaban J connectivity index is 2.39. The molecule has 2 aromatic rings. The minimum atomic E-state index is -2.64. The first-order valence-electron chi connectivity index (χ1n) is 4.90. The fourth-order valence-corrected chi connectivity index (χ4v) is 1.71. The van der Waals surface area contributed by atoms with Crippen molar-refractivity contribution in [3.8, 4) is 0 Å². The van der Waals surface area contributed by atoms with Gasteiger partial charge < -0.3 is 0 Å². The maximum Gasteiger partial charge on any atom is 0.249 e. The van der Waals surface area contributed by atoms with Crippen LogP contribution in [-0.4, -0.2) is 5.92 Å². The number of alkyl halides is 2. The molecule has 0 aliphatic rings.